The third-order valence-electron chi connectivity index (χ3n) is 4.02. The van der Waals surface area contributed by atoms with Gasteiger partial charge in [0.2, 0.25) is 5.91 Å². The van der Waals surface area contributed by atoms with Crippen molar-refractivity contribution in [1.29, 1.82) is 0 Å². The number of nitrogens with one attached hydrogen (secondary N) is 1. The number of carbonyl (C=O) groups is 3. The van der Waals surface area contributed by atoms with Crippen LogP contribution in [0.4, 0.5) is 10.5 Å². The minimum Gasteiger partial charge on any atom is -0.324 e. The molecule has 2 aromatic rings. The highest BCUT2D eigenvalue weighted by Gasteiger charge is 2.36. The van der Waals surface area contributed by atoms with Crippen molar-refractivity contribution < 1.29 is 14.4 Å². The number of nitrogens with zero attached hydrogens (tertiary/aromatic N) is 2. The van der Waals surface area contributed by atoms with Gasteiger partial charge in [0, 0.05) is 11.4 Å². The van der Waals surface area contributed by atoms with Crippen molar-refractivity contribution in [3.63, 3.8) is 0 Å². The molecule has 1 aromatic heterocycles. The van der Waals surface area contributed by atoms with E-state index < -0.39 is 17.1 Å². The molecule has 0 spiro atoms. The molecule has 0 bridgehead atoms. The van der Waals surface area contributed by atoms with E-state index in [0.717, 1.165) is 33.5 Å². The first kappa shape index (κ1) is 18.8. The van der Waals surface area contributed by atoms with Crippen molar-refractivity contribution in [2.24, 2.45) is 0 Å². The lowest BCUT2D eigenvalue weighted by Gasteiger charge is -2.13. The van der Waals surface area contributed by atoms with Crippen LogP contribution < -0.4 is 5.32 Å². The SMILES string of the molecule is Cc1ccc(NC(=O)CN2C(=O)S/C(=C/c3cccc(C)n3)C2=O)c(C)c1. The maximum atomic E-state index is 12.5. The number of hydrogen-bond acceptors (Lipinski definition) is 5. The number of hydrogen-bond donors (Lipinski definition) is 1. The summed E-state index contributed by atoms with van der Waals surface area (Å²) in [7, 11) is 0. The topological polar surface area (TPSA) is 79.4 Å². The Morgan fingerprint density at radius 1 is 1.19 bits per heavy atom. The molecule has 27 heavy (non-hydrogen) atoms. The molecule has 1 N–H and O–H groups in total. The van der Waals surface area contributed by atoms with Crippen LogP contribution in [0.15, 0.2) is 41.3 Å². The number of carbonyl (C=O) groups excluding carboxylic acids is 3. The third-order valence-corrected chi connectivity index (χ3v) is 4.93. The Labute approximate surface area is 161 Å². The molecule has 1 saturated heterocycles. The Morgan fingerprint density at radius 3 is 2.67 bits per heavy atom. The van der Waals surface area contributed by atoms with Gasteiger partial charge in [-0.15, -0.1) is 0 Å². The molecule has 138 valence electrons. The number of pyridine rings is 1. The van der Waals surface area contributed by atoms with Crippen LogP contribution in [0.5, 0.6) is 0 Å². The largest absolute Gasteiger partial charge is 0.324 e. The summed E-state index contributed by atoms with van der Waals surface area (Å²) in [5, 5.41) is 2.29. The van der Waals surface area contributed by atoms with Gasteiger partial charge in [-0.1, -0.05) is 23.8 Å². The zero-order valence-corrected chi connectivity index (χ0v) is 16.1. The summed E-state index contributed by atoms with van der Waals surface area (Å²) in [6, 6.07) is 11.1. The first-order valence-corrected chi connectivity index (χ1v) is 9.21. The summed E-state index contributed by atoms with van der Waals surface area (Å²) in [4.78, 5) is 42.5. The molecule has 1 aromatic carbocycles. The summed E-state index contributed by atoms with van der Waals surface area (Å²) in [5.74, 6) is -0.900. The third kappa shape index (κ3) is 4.43. The fourth-order valence-corrected chi connectivity index (χ4v) is 3.53. The molecule has 3 rings (SSSR count). The van der Waals surface area contributed by atoms with Crippen LogP contribution in [0.3, 0.4) is 0 Å². The summed E-state index contributed by atoms with van der Waals surface area (Å²) >= 11 is 0.814. The summed E-state index contributed by atoms with van der Waals surface area (Å²) < 4.78 is 0. The van der Waals surface area contributed by atoms with E-state index in [1.54, 1.807) is 18.2 Å². The summed E-state index contributed by atoms with van der Waals surface area (Å²) in [6.45, 7) is 5.38. The van der Waals surface area contributed by atoms with Crippen molar-refractivity contribution in [2.45, 2.75) is 20.8 Å². The number of anilines is 1. The normalized spacial score (nSPS) is 15.5. The number of aromatic nitrogens is 1. The zero-order chi connectivity index (χ0) is 19.6. The fraction of sp³-hybridized carbons (Fsp3) is 0.200. The lowest BCUT2D eigenvalue weighted by atomic mass is 10.1. The number of aryl methyl sites for hydroxylation is 3. The first-order chi connectivity index (χ1) is 12.8. The maximum absolute atomic E-state index is 12.5. The minimum absolute atomic E-state index is 0.261. The molecule has 1 aliphatic rings. The quantitative estimate of drug-likeness (QED) is 0.817. The van der Waals surface area contributed by atoms with Crippen molar-refractivity contribution in [2.75, 3.05) is 11.9 Å². The Balaban J connectivity index is 1.71. The van der Waals surface area contributed by atoms with E-state index in [0.29, 0.717) is 11.4 Å². The maximum Gasteiger partial charge on any atom is 0.294 e. The number of rotatable bonds is 4. The summed E-state index contributed by atoms with van der Waals surface area (Å²) in [6.07, 6.45) is 1.57. The second-order valence-corrected chi connectivity index (χ2v) is 7.33. The van der Waals surface area contributed by atoms with Gasteiger partial charge in [-0.05, 0) is 62.4 Å². The Kier molecular flexibility index (Phi) is 5.41. The molecule has 0 atom stereocenters. The van der Waals surface area contributed by atoms with Crippen LogP contribution in [0.1, 0.15) is 22.5 Å². The van der Waals surface area contributed by atoms with E-state index in [4.69, 9.17) is 0 Å². The van der Waals surface area contributed by atoms with Gasteiger partial charge < -0.3 is 5.32 Å². The molecular weight excluding hydrogens is 362 g/mol. The Hall–Kier alpha value is -2.93. The smallest absolute Gasteiger partial charge is 0.294 e. The minimum atomic E-state index is -0.482. The van der Waals surface area contributed by atoms with Gasteiger partial charge in [-0.25, -0.2) is 0 Å². The predicted octanol–water partition coefficient (Wildman–Crippen LogP) is 3.68. The average molecular weight is 381 g/mol. The first-order valence-electron chi connectivity index (χ1n) is 8.39. The van der Waals surface area contributed by atoms with Gasteiger partial charge >= 0.3 is 0 Å². The van der Waals surface area contributed by atoms with Crippen LogP contribution in [-0.4, -0.2) is 33.5 Å². The highest BCUT2D eigenvalue weighted by molar-refractivity contribution is 8.18. The van der Waals surface area contributed by atoms with Gasteiger partial charge in [0.15, 0.2) is 0 Å². The lowest BCUT2D eigenvalue weighted by Crippen LogP contribution is -2.36. The lowest BCUT2D eigenvalue weighted by molar-refractivity contribution is -0.127. The van der Waals surface area contributed by atoms with Gasteiger partial charge in [-0.3, -0.25) is 24.3 Å². The number of imide groups is 1. The zero-order valence-electron chi connectivity index (χ0n) is 15.3. The van der Waals surface area contributed by atoms with Gasteiger partial charge in [0.05, 0.1) is 10.6 Å². The molecule has 6 nitrogen and oxygen atoms in total. The molecule has 0 radical (unpaired) electrons. The number of benzene rings is 1. The molecule has 2 heterocycles. The Morgan fingerprint density at radius 2 is 1.96 bits per heavy atom. The molecule has 3 amide bonds. The van der Waals surface area contributed by atoms with Crippen LogP contribution in [0.25, 0.3) is 6.08 Å². The standard InChI is InChI=1S/C20H19N3O3S/c1-12-7-8-16(13(2)9-12)22-18(24)11-23-19(25)17(27-20(23)26)10-15-6-4-5-14(3)21-15/h4-10H,11H2,1-3H3,(H,22,24)/b17-10+. The van der Waals surface area contributed by atoms with E-state index in [2.05, 4.69) is 10.3 Å². The second-order valence-electron chi connectivity index (χ2n) is 6.34. The van der Waals surface area contributed by atoms with Crippen LogP contribution in [0.2, 0.25) is 0 Å². The van der Waals surface area contributed by atoms with E-state index in [1.165, 1.54) is 0 Å². The highest BCUT2D eigenvalue weighted by Crippen LogP contribution is 2.31. The fourth-order valence-electron chi connectivity index (χ4n) is 2.70. The van der Waals surface area contributed by atoms with E-state index in [1.807, 2.05) is 45.0 Å². The molecule has 1 fully saturated rings. The van der Waals surface area contributed by atoms with Gasteiger partial charge in [0.25, 0.3) is 11.1 Å². The predicted molar refractivity (Wildman–Crippen MR) is 106 cm³/mol. The van der Waals surface area contributed by atoms with Crippen LogP contribution >= 0.6 is 11.8 Å². The number of amides is 3. The Bertz CT molecular complexity index is 969. The summed E-state index contributed by atoms with van der Waals surface area (Å²) in [5.41, 5.74) is 4.09. The molecule has 0 aliphatic carbocycles. The van der Waals surface area contributed by atoms with Crippen molar-refractivity contribution in [3.05, 3.63) is 63.8 Å². The molecule has 7 heteroatoms. The highest BCUT2D eigenvalue weighted by atomic mass is 32.2. The van der Waals surface area contributed by atoms with E-state index in [-0.39, 0.29) is 11.4 Å². The van der Waals surface area contributed by atoms with Crippen molar-refractivity contribution >= 4 is 40.6 Å². The average Bonchev–Trinajstić information content (AvgIpc) is 2.85. The number of thioether (sulfide) groups is 1. The molecule has 0 unspecified atom stereocenters. The second kappa shape index (κ2) is 7.75. The van der Waals surface area contributed by atoms with Crippen LogP contribution in [-0.2, 0) is 9.59 Å². The van der Waals surface area contributed by atoms with E-state index in [9.17, 15) is 14.4 Å². The van der Waals surface area contributed by atoms with Crippen molar-refractivity contribution in [3.8, 4) is 0 Å². The molecular formula is C20H19N3O3S. The van der Waals surface area contributed by atoms with Crippen LogP contribution in [0, 0.1) is 20.8 Å². The molecule has 0 saturated carbocycles. The molecule has 1 aliphatic heterocycles. The van der Waals surface area contributed by atoms with Gasteiger partial charge in [0.1, 0.15) is 6.54 Å². The van der Waals surface area contributed by atoms with E-state index >= 15 is 0 Å². The monoisotopic (exact) mass is 381 g/mol. The van der Waals surface area contributed by atoms with Crippen molar-refractivity contribution in [1.82, 2.24) is 9.88 Å². The van der Waals surface area contributed by atoms with Gasteiger partial charge in [-0.2, -0.15) is 0 Å².